The normalized spacial score (nSPS) is 10.7. The van der Waals surface area contributed by atoms with E-state index in [1.807, 2.05) is 12.3 Å². The molecule has 0 aliphatic carbocycles. The van der Waals surface area contributed by atoms with Crippen molar-refractivity contribution in [2.75, 3.05) is 6.61 Å². The van der Waals surface area contributed by atoms with E-state index in [0.717, 1.165) is 23.3 Å². The van der Waals surface area contributed by atoms with Crippen LogP contribution in [0.2, 0.25) is 0 Å². The summed E-state index contributed by atoms with van der Waals surface area (Å²) in [4.78, 5) is 12.4. The first-order valence-corrected chi connectivity index (χ1v) is 6.36. The number of carbonyl (C=O) groups excluding carboxylic acids is 1. The first kappa shape index (κ1) is 12.2. The molecule has 0 spiro atoms. The standard InChI is InChI=1S/C12H18O2S/c1-4-9(5-2)10-7-8-15-11(10)12(13)14-6-3/h7-9H,4-6H2,1-3H3. The lowest BCUT2D eigenvalue weighted by atomic mass is 9.94. The first-order chi connectivity index (χ1) is 7.24. The van der Waals surface area contributed by atoms with E-state index in [1.54, 1.807) is 0 Å². The fourth-order valence-electron chi connectivity index (χ4n) is 1.73. The molecule has 0 aromatic carbocycles. The van der Waals surface area contributed by atoms with Crippen LogP contribution in [-0.4, -0.2) is 12.6 Å². The number of esters is 1. The molecule has 1 aromatic rings. The third-order valence-corrected chi connectivity index (χ3v) is 3.49. The number of ether oxygens (including phenoxy) is 1. The van der Waals surface area contributed by atoms with Gasteiger partial charge in [-0.15, -0.1) is 11.3 Å². The SMILES string of the molecule is CCOC(=O)c1sccc1C(CC)CC. The molecule has 0 atom stereocenters. The summed E-state index contributed by atoms with van der Waals surface area (Å²) >= 11 is 1.48. The minimum Gasteiger partial charge on any atom is -0.462 e. The van der Waals surface area contributed by atoms with Crippen LogP contribution >= 0.6 is 11.3 Å². The van der Waals surface area contributed by atoms with Gasteiger partial charge in [-0.2, -0.15) is 0 Å². The molecular weight excluding hydrogens is 208 g/mol. The molecule has 0 N–H and O–H groups in total. The van der Waals surface area contributed by atoms with Crippen molar-refractivity contribution in [3.8, 4) is 0 Å². The van der Waals surface area contributed by atoms with Crippen LogP contribution in [0, 0.1) is 0 Å². The topological polar surface area (TPSA) is 26.3 Å². The van der Waals surface area contributed by atoms with Gasteiger partial charge in [-0.3, -0.25) is 0 Å². The fourth-order valence-corrected chi connectivity index (χ4v) is 2.61. The van der Waals surface area contributed by atoms with Gasteiger partial charge in [-0.05, 0) is 42.7 Å². The van der Waals surface area contributed by atoms with Gasteiger partial charge >= 0.3 is 5.97 Å². The summed E-state index contributed by atoms with van der Waals surface area (Å²) in [7, 11) is 0. The molecule has 1 rings (SSSR count). The summed E-state index contributed by atoms with van der Waals surface area (Å²) in [5.74, 6) is 0.310. The maximum absolute atomic E-state index is 11.7. The second kappa shape index (κ2) is 5.91. The van der Waals surface area contributed by atoms with Gasteiger partial charge in [-0.1, -0.05) is 13.8 Å². The average molecular weight is 226 g/mol. The minimum absolute atomic E-state index is 0.172. The van der Waals surface area contributed by atoms with E-state index in [0.29, 0.717) is 12.5 Å². The highest BCUT2D eigenvalue weighted by Gasteiger charge is 2.19. The number of rotatable bonds is 5. The molecule has 0 radical (unpaired) electrons. The lowest BCUT2D eigenvalue weighted by Gasteiger charge is -2.12. The van der Waals surface area contributed by atoms with E-state index in [4.69, 9.17) is 4.74 Å². The van der Waals surface area contributed by atoms with Crippen molar-refractivity contribution in [1.82, 2.24) is 0 Å². The van der Waals surface area contributed by atoms with Crippen LogP contribution in [0.3, 0.4) is 0 Å². The molecule has 0 aliphatic rings. The molecule has 0 saturated heterocycles. The van der Waals surface area contributed by atoms with Gasteiger partial charge in [0.25, 0.3) is 0 Å². The summed E-state index contributed by atoms with van der Waals surface area (Å²) in [5.41, 5.74) is 1.16. The highest BCUT2D eigenvalue weighted by molar-refractivity contribution is 7.12. The van der Waals surface area contributed by atoms with Gasteiger partial charge < -0.3 is 4.74 Å². The zero-order chi connectivity index (χ0) is 11.3. The summed E-state index contributed by atoms with van der Waals surface area (Å²) in [6.07, 6.45) is 2.14. The molecule has 0 bridgehead atoms. The maximum Gasteiger partial charge on any atom is 0.348 e. The quantitative estimate of drug-likeness (QED) is 0.713. The Morgan fingerprint density at radius 3 is 2.60 bits per heavy atom. The molecular formula is C12H18O2S. The van der Waals surface area contributed by atoms with Crippen molar-refractivity contribution < 1.29 is 9.53 Å². The largest absolute Gasteiger partial charge is 0.462 e. The zero-order valence-electron chi connectivity index (χ0n) is 9.58. The summed E-state index contributed by atoms with van der Waals surface area (Å²) < 4.78 is 5.04. The highest BCUT2D eigenvalue weighted by atomic mass is 32.1. The van der Waals surface area contributed by atoms with E-state index in [-0.39, 0.29) is 5.97 Å². The number of carbonyl (C=O) groups is 1. The Kier molecular flexibility index (Phi) is 4.82. The molecule has 0 amide bonds. The Morgan fingerprint density at radius 1 is 1.40 bits per heavy atom. The molecule has 0 saturated carbocycles. The van der Waals surface area contributed by atoms with Crippen LogP contribution in [0.25, 0.3) is 0 Å². The van der Waals surface area contributed by atoms with Crippen LogP contribution in [0.5, 0.6) is 0 Å². The summed E-state index contributed by atoms with van der Waals surface area (Å²) in [6, 6.07) is 2.05. The Bertz CT molecular complexity index is 313. The molecule has 1 aromatic heterocycles. The van der Waals surface area contributed by atoms with Gasteiger partial charge in [0, 0.05) is 0 Å². The van der Waals surface area contributed by atoms with E-state index >= 15 is 0 Å². The molecule has 84 valence electrons. The van der Waals surface area contributed by atoms with E-state index in [2.05, 4.69) is 19.9 Å². The zero-order valence-corrected chi connectivity index (χ0v) is 10.4. The molecule has 2 nitrogen and oxygen atoms in total. The first-order valence-electron chi connectivity index (χ1n) is 5.49. The fraction of sp³-hybridized carbons (Fsp3) is 0.583. The van der Waals surface area contributed by atoms with Gasteiger partial charge in [0.2, 0.25) is 0 Å². The monoisotopic (exact) mass is 226 g/mol. The predicted molar refractivity (Wildman–Crippen MR) is 63.6 cm³/mol. The lowest BCUT2D eigenvalue weighted by molar-refractivity contribution is 0.0530. The maximum atomic E-state index is 11.7. The highest BCUT2D eigenvalue weighted by Crippen LogP contribution is 2.30. The van der Waals surface area contributed by atoms with Crippen molar-refractivity contribution >= 4 is 17.3 Å². The van der Waals surface area contributed by atoms with Crippen LogP contribution in [-0.2, 0) is 4.74 Å². The average Bonchev–Trinajstić information content (AvgIpc) is 2.69. The third-order valence-electron chi connectivity index (χ3n) is 2.58. The van der Waals surface area contributed by atoms with Crippen molar-refractivity contribution in [3.63, 3.8) is 0 Å². The number of thiophene rings is 1. The Morgan fingerprint density at radius 2 is 2.07 bits per heavy atom. The van der Waals surface area contributed by atoms with Crippen LogP contribution in [0.4, 0.5) is 0 Å². The molecule has 15 heavy (non-hydrogen) atoms. The van der Waals surface area contributed by atoms with Crippen LogP contribution in [0.15, 0.2) is 11.4 Å². The van der Waals surface area contributed by atoms with Crippen LogP contribution in [0.1, 0.15) is 54.8 Å². The molecule has 0 aliphatic heterocycles. The van der Waals surface area contributed by atoms with Crippen molar-refractivity contribution in [1.29, 1.82) is 0 Å². The smallest absolute Gasteiger partial charge is 0.348 e. The molecule has 1 heterocycles. The van der Waals surface area contributed by atoms with E-state index < -0.39 is 0 Å². The third kappa shape index (κ3) is 2.81. The van der Waals surface area contributed by atoms with Crippen molar-refractivity contribution in [3.05, 3.63) is 21.9 Å². The van der Waals surface area contributed by atoms with Crippen molar-refractivity contribution in [2.45, 2.75) is 39.5 Å². The van der Waals surface area contributed by atoms with Crippen LogP contribution < -0.4 is 0 Å². The van der Waals surface area contributed by atoms with Gasteiger partial charge in [0.1, 0.15) is 4.88 Å². The number of hydrogen-bond donors (Lipinski definition) is 0. The number of hydrogen-bond acceptors (Lipinski definition) is 3. The van der Waals surface area contributed by atoms with E-state index in [1.165, 1.54) is 11.3 Å². The van der Waals surface area contributed by atoms with Gasteiger partial charge in [-0.25, -0.2) is 4.79 Å². The van der Waals surface area contributed by atoms with Gasteiger partial charge in [0.15, 0.2) is 0 Å². The predicted octanol–water partition coefficient (Wildman–Crippen LogP) is 3.83. The second-order valence-electron chi connectivity index (χ2n) is 3.44. The summed E-state index contributed by atoms with van der Waals surface area (Å²) in [5, 5.41) is 1.97. The Balaban J connectivity index is 2.89. The van der Waals surface area contributed by atoms with Crippen molar-refractivity contribution in [2.24, 2.45) is 0 Å². The summed E-state index contributed by atoms with van der Waals surface area (Å²) in [6.45, 7) is 6.59. The molecule has 0 fully saturated rings. The Hall–Kier alpha value is -0.830. The minimum atomic E-state index is -0.172. The Labute approximate surface area is 95.3 Å². The molecule has 3 heteroatoms. The van der Waals surface area contributed by atoms with E-state index in [9.17, 15) is 4.79 Å². The van der Waals surface area contributed by atoms with Gasteiger partial charge in [0.05, 0.1) is 6.61 Å². The second-order valence-corrected chi connectivity index (χ2v) is 4.36. The molecule has 0 unspecified atom stereocenters. The lowest BCUT2D eigenvalue weighted by Crippen LogP contribution is -2.07.